The maximum absolute atomic E-state index is 13.8. The molecule has 2 heterocycles. The van der Waals surface area contributed by atoms with Crippen LogP contribution in [0.3, 0.4) is 0 Å². The average molecular weight is 385 g/mol. The van der Waals surface area contributed by atoms with Crippen LogP contribution < -0.4 is 5.32 Å². The van der Waals surface area contributed by atoms with Gasteiger partial charge in [0.25, 0.3) is 5.91 Å². The molecule has 2 aromatic carbocycles. The van der Waals surface area contributed by atoms with Gasteiger partial charge < -0.3 is 0 Å². The largest absolute Gasteiger partial charge is 0.298 e. The van der Waals surface area contributed by atoms with Crippen LogP contribution >= 0.6 is 11.3 Å². The zero-order valence-electron chi connectivity index (χ0n) is 14.4. The Kier molecular flexibility index (Phi) is 4.96. The number of hydrogen-bond acceptors (Lipinski definition) is 4. The topological polar surface area (TPSA) is 45.2 Å². The van der Waals surface area contributed by atoms with E-state index in [0.29, 0.717) is 5.13 Å². The lowest BCUT2D eigenvalue weighted by molar-refractivity contribution is 0.101. The number of thiazole rings is 1. The zero-order valence-corrected chi connectivity index (χ0v) is 15.2. The van der Waals surface area contributed by atoms with E-state index in [1.807, 2.05) is 18.2 Å². The van der Waals surface area contributed by atoms with Gasteiger partial charge in [0.2, 0.25) is 0 Å². The highest BCUT2D eigenvalue weighted by molar-refractivity contribution is 7.15. The Balaban J connectivity index is 1.46. The molecule has 0 unspecified atom stereocenters. The van der Waals surface area contributed by atoms with Gasteiger partial charge in [0.15, 0.2) is 5.13 Å². The third-order valence-corrected chi connectivity index (χ3v) is 5.47. The third-order valence-electron chi connectivity index (χ3n) is 4.47. The third kappa shape index (κ3) is 3.89. The Morgan fingerprint density at radius 1 is 1.11 bits per heavy atom. The van der Waals surface area contributed by atoms with E-state index in [-0.39, 0.29) is 0 Å². The molecule has 1 aliphatic rings. The molecule has 1 N–H and O–H groups in total. The van der Waals surface area contributed by atoms with Crippen molar-refractivity contribution in [2.45, 2.75) is 19.5 Å². The Morgan fingerprint density at radius 3 is 2.59 bits per heavy atom. The fourth-order valence-corrected chi connectivity index (χ4v) is 4.20. The van der Waals surface area contributed by atoms with E-state index in [2.05, 4.69) is 27.3 Å². The minimum atomic E-state index is -0.886. The lowest BCUT2D eigenvalue weighted by Crippen LogP contribution is -2.29. The summed E-state index contributed by atoms with van der Waals surface area (Å²) < 4.78 is 27.5. The number of aromatic nitrogens is 1. The number of hydrogen-bond donors (Lipinski definition) is 1. The first-order chi connectivity index (χ1) is 13.1. The number of carbonyl (C=O) groups excluding carboxylic acids is 1. The van der Waals surface area contributed by atoms with Crippen molar-refractivity contribution in [3.63, 3.8) is 0 Å². The molecule has 1 aliphatic heterocycles. The van der Waals surface area contributed by atoms with Crippen LogP contribution in [-0.4, -0.2) is 22.3 Å². The summed E-state index contributed by atoms with van der Waals surface area (Å²) in [6.45, 7) is 2.47. The van der Waals surface area contributed by atoms with Crippen molar-refractivity contribution in [1.82, 2.24) is 9.88 Å². The molecular formula is C20H17F2N3OS. The predicted octanol–water partition coefficient (Wildman–Crippen LogP) is 4.23. The highest BCUT2D eigenvalue weighted by atomic mass is 32.1. The molecule has 0 spiro atoms. The average Bonchev–Trinajstić information content (AvgIpc) is 3.04. The number of rotatable bonds is 4. The molecule has 4 rings (SSSR count). The van der Waals surface area contributed by atoms with Gasteiger partial charge in [0.05, 0.1) is 5.69 Å². The minimum Gasteiger partial charge on any atom is -0.298 e. The monoisotopic (exact) mass is 385 g/mol. The second-order valence-corrected chi connectivity index (χ2v) is 7.47. The van der Waals surface area contributed by atoms with E-state index in [0.717, 1.165) is 48.8 Å². The standard InChI is InChI=1S/C20H17F2N3OS/c21-14-7-4-8-15(22)18(14)19(26)24-20-23-16-9-10-25(12-17(16)27-20)11-13-5-2-1-3-6-13/h1-8H,9-12H2,(H,23,24,26). The van der Waals surface area contributed by atoms with Crippen LogP contribution in [0, 0.1) is 11.6 Å². The number of amides is 1. The zero-order chi connectivity index (χ0) is 18.8. The molecule has 0 saturated carbocycles. The van der Waals surface area contributed by atoms with Crippen molar-refractivity contribution in [3.05, 3.63) is 81.9 Å². The molecule has 0 atom stereocenters. The van der Waals surface area contributed by atoms with Crippen molar-refractivity contribution < 1.29 is 13.6 Å². The molecule has 7 heteroatoms. The van der Waals surface area contributed by atoms with E-state index in [1.165, 1.54) is 23.0 Å². The van der Waals surface area contributed by atoms with Crippen LogP contribution in [0.25, 0.3) is 0 Å². The summed E-state index contributed by atoms with van der Waals surface area (Å²) in [7, 11) is 0. The SMILES string of the molecule is O=C(Nc1nc2c(s1)CN(Cc1ccccc1)CC2)c1c(F)cccc1F. The van der Waals surface area contributed by atoms with Crippen LogP contribution in [0.4, 0.5) is 13.9 Å². The lowest BCUT2D eigenvalue weighted by Gasteiger charge is -2.25. The molecule has 1 aromatic heterocycles. The fourth-order valence-electron chi connectivity index (χ4n) is 3.15. The van der Waals surface area contributed by atoms with Crippen molar-refractivity contribution in [3.8, 4) is 0 Å². The van der Waals surface area contributed by atoms with Crippen molar-refractivity contribution >= 4 is 22.4 Å². The first-order valence-electron chi connectivity index (χ1n) is 8.60. The van der Waals surface area contributed by atoms with E-state index < -0.39 is 23.1 Å². The van der Waals surface area contributed by atoms with Gasteiger partial charge >= 0.3 is 0 Å². The lowest BCUT2D eigenvalue weighted by atomic mass is 10.1. The second kappa shape index (κ2) is 7.54. The van der Waals surface area contributed by atoms with Gasteiger partial charge in [-0.25, -0.2) is 13.8 Å². The van der Waals surface area contributed by atoms with Gasteiger partial charge in [-0.1, -0.05) is 36.4 Å². The van der Waals surface area contributed by atoms with E-state index in [1.54, 1.807) is 0 Å². The van der Waals surface area contributed by atoms with Crippen LogP contribution in [0.1, 0.15) is 26.5 Å². The Hall–Kier alpha value is -2.64. The minimum absolute atomic E-state index is 0.370. The van der Waals surface area contributed by atoms with Gasteiger partial charge in [-0.2, -0.15) is 0 Å². The van der Waals surface area contributed by atoms with Gasteiger partial charge in [0.1, 0.15) is 17.2 Å². The molecule has 0 bridgehead atoms. The van der Waals surface area contributed by atoms with E-state index in [9.17, 15) is 13.6 Å². The van der Waals surface area contributed by atoms with Crippen LogP contribution in [0.2, 0.25) is 0 Å². The molecule has 0 radical (unpaired) electrons. The second-order valence-electron chi connectivity index (χ2n) is 6.39. The van der Waals surface area contributed by atoms with Crippen LogP contribution in [0.5, 0.6) is 0 Å². The molecular weight excluding hydrogens is 368 g/mol. The summed E-state index contributed by atoms with van der Waals surface area (Å²) in [5.74, 6) is -2.59. The summed E-state index contributed by atoms with van der Waals surface area (Å²) in [5, 5.41) is 2.90. The quantitative estimate of drug-likeness (QED) is 0.731. The first kappa shape index (κ1) is 17.8. The summed E-state index contributed by atoms with van der Waals surface area (Å²) in [6.07, 6.45) is 0.780. The summed E-state index contributed by atoms with van der Waals surface area (Å²) in [6, 6.07) is 13.6. The molecule has 0 fully saturated rings. The Morgan fingerprint density at radius 2 is 1.85 bits per heavy atom. The van der Waals surface area contributed by atoms with E-state index in [4.69, 9.17) is 0 Å². The molecule has 27 heavy (non-hydrogen) atoms. The maximum atomic E-state index is 13.8. The summed E-state index contributed by atoms with van der Waals surface area (Å²) >= 11 is 1.35. The number of nitrogens with one attached hydrogen (secondary N) is 1. The van der Waals surface area contributed by atoms with Crippen molar-refractivity contribution in [1.29, 1.82) is 0 Å². The molecule has 138 valence electrons. The molecule has 0 aliphatic carbocycles. The van der Waals surface area contributed by atoms with Crippen LogP contribution in [-0.2, 0) is 19.5 Å². The molecule has 3 aromatic rings. The molecule has 0 saturated heterocycles. The van der Waals surface area contributed by atoms with Crippen LogP contribution in [0.15, 0.2) is 48.5 Å². The van der Waals surface area contributed by atoms with Gasteiger partial charge in [-0.15, -0.1) is 11.3 Å². The van der Waals surface area contributed by atoms with Crippen molar-refractivity contribution in [2.24, 2.45) is 0 Å². The fraction of sp³-hybridized carbons (Fsp3) is 0.200. The van der Waals surface area contributed by atoms with E-state index >= 15 is 0 Å². The number of fused-ring (bicyclic) bond motifs is 1. The Labute approximate surface area is 159 Å². The normalized spacial score (nSPS) is 14.0. The smallest absolute Gasteiger partial charge is 0.263 e. The predicted molar refractivity (Wildman–Crippen MR) is 101 cm³/mol. The first-order valence-corrected chi connectivity index (χ1v) is 9.42. The number of halogens is 2. The summed E-state index contributed by atoms with van der Waals surface area (Å²) in [5.41, 5.74) is 1.60. The maximum Gasteiger partial charge on any atom is 0.263 e. The molecule has 1 amide bonds. The highest BCUT2D eigenvalue weighted by Crippen LogP contribution is 2.29. The number of nitrogens with zero attached hydrogens (tertiary/aromatic N) is 2. The Bertz CT molecular complexity index is 954. The number of carbonyl (C=O) groups is 1. The van der Waals surface area contributed by atoms with Gasteiger partial charge in [-0.05, 0) is 17.7 Å². The van der Waals surface area contributed by atoms with Gasteiger partial charge in [-0.3, -0.25) is 15.0 Å². The number of benzene rings is 2. The highest BCUT2D eigenvalue weighted by Gasteiger charge is 2.23. The van der Waals surface area contributed by atoms with Gasteiger partial charge in [0, 0.05) is 30.9 Å². The van der Waals surface area contributed by atoms with Crippen molar-refractivity contribution in [2.75, 3.05) is 11.9 Å². The molecule has 4 nitrogen and oxygen atoms in total. The summed E-state index contributed by atoms with van der Waals surface area (Å²) in [4.78, 5) is 20.1. The number of anilines is 1.